The SMILES string of the molecule is CN(Cc1ccc(Cl)s1)C(=O)CCCN1C(=O)c2ccccc2C1=O. The molecule has 0 spiro atoms. The van der Waals surface area contributed by atoms with Gasteiger partial charge in [-0.2, -0.15) is 0 Å². The van der Waals surface area contributed by atoms with Crippen molar-refractivity contribution >= 4 is 40.7 Å². The predicted molar refractivity (Wildman–Crippen MR) is 96.8 cm³/mol. The zero-order valence-electron chi connectivity index (χ0n) is 13.7. The molecule has 1 aromatic heterocycles. The van der Waals surface area contributed by atoms with E-state index in [0.29, 0.717) is 28.4 Å². The van der Waals surface area contributed by atoms with Crippen LogP contribution in [0.15, 0.2) is 36.4 Å². The highest BCUT2D eigenvalue weighted by Gasteiger charge is 2.34. The maximum atomic E-state index is 12.3. The highest BCUT2D eigenvalue weighted by Crippen LogP contribution is 2.24. The standard InChI is InChI=1S/C18H17ClN2O3S/c1-20(11-12-8-9-15(19)25-12)16(22)7-4-10-21-17(23)13-5-2-3-6-14(13)18(21)24/h2-3,5-6,8-9H,4,7,10-11H2,1H3. The third kappa shape index (κ3) is 3.75. The minimum Gasteiger partial charge on any atom is -0.341 e. The molecule has 3 rings (SSSR count). The van der Waals surface area contributed by atoms with Crippen LogP contribution in [-0.2, 0) is 11.3 Å². The van der Waals surface area contributed by atoms with Crippen molar-refractivity contribution in [3.8, 4) is 0 Å². The maximum absolute atomic E-state index is 12.3. The van der Waals surface area contributed by atoms with E-state index in [2.05, 4.69) is 0 Å². The first-order chi connectivity index (χ1) is 12.0. The Morgan fingerprint density at radius 2 is 1.76 bits per heavy atom. The molecule has 0 bridgehead atoms. The summed E-state index contributed by atoms with van der Waals surface area (Å²) in [5.74, 6) is -0.592. The second-order valence-corrected chi connectivity index (χ2v) is 7.67. The number of imide groups is 1. The van der Waals surface area contributed by atoms with Gasteiger partial charge in [0.2, 0.25) is 5.91 Å². The number of fused-ring (bicyclic) bond motifs is 1. The monoisotopic (exact) mass is 376 g/mol. The number of benzene rings is 1. The van der Waals surface area contributed by atoms with Crippen molar-refractivity contribution in [3.05, 3.63) is 56.7 Å². The van der Waals surface area contributed by atoms with E-state index in [9.17, 15) is 14.4 Å². The summed E-state index contributed by atoms with van der Waals surface area (Å²) in [6.07, 6.45) is 0.725. The summed E-state index contributed by atoms with van der Waals surface area (Å²) in [7, 11) is 1.73. The molecular formula is C18H17ClN2O3S. The first-order valence-electron chi connectivity index (χ1n) is 7.91. The molecule has 0 unspecified atom stereocenters. The van der Waals surface area contributed by atoms with Gasteiger partial charge in [0.1, 0.15) is 0 Å². The van der Waals surface area contributed by atoms with E-state index in [4.69, 9.17) is 11.6 Å². The molecule has 0 atom stereocenters. The molecule has 0 saturated carbocycles. The zero-order valence-corrected chi connectivity index (χ0v) is 15.3. The minimum atomic E-state index is -0.283. The topological polar surface area (TPSA) is 57.7 Å². The van der Waals surface area contributed by atoms with E-state index in [1.54, 1.807) is 36.2 Å². The largest absolute Gasteiger partial charge is 0.341 e. The van der Waals surface area contributed by atoms with Gasteiger partial charge in [-0.05, 0) is 30.7 Å². The number of rotatable bonds is 6. The minimum absolute atomic E-state index is 0.0267. The molecule has 2 heterocycles. The lowest BCUT2D eigenvalue weighted by Crippen LogP contribution is -2.32. The Morgan fingerprint density at radius 3 is 2.32 bits per heavy atom. The normalized spacial score (nSPS) is 13.3. The molecule has 0 saturated heterocycles. The van der Waals surface area contributed by atoms with Gasteiger partial charge in [0.05, 0.1) is 22.0 Å². The number of hydrogen-bond donors (Lipinski definition) is 0. The summed E-state index contributed by atoms with van der Waals surface area (Å²) < 4.78 is 0.696. The first kappa shape index (κ1) is 17.6. The van der Waals surface area contributed by atoms with Gasteiger partial charge in [-0.3, -0.25) is 19.3 Å². The Bertz CT molecular complexity index is 798. The molecule has 1 aliphatic heterocycles. The van der Waals surface area contributed by atoms with Crippen molar-refractivity contribution in [2.45, 2.75) is 19.4 Å². The van der Waals surface area contributed by atoms with Crippen LogP contribution in [0.2, 0.25) is 4.34 Å². The highest BCUT2D eigenvalue weighted by molar-refractivity contribution is 7.16. The van der Waals surface area contributed by atoms with Crippen molar-refractivity contribution in [3.63, 3.8) is 0 Å². The van der Waals surface area contributed by atoms with Crippen LogP contribution in [0.4, 0.5) is 0 Å². The molecule has 2 aromatic rings. The number of hydrogen-bond acceptors (Lipinski definition) is 4. The molecule has 0 radical (unpaired) electrons. The van der Waals surface area contributed by atoms with Gasteiger partial charge in [-0.1, -0.05) is 23.7 Å². The Morgan fingerprint density at radius 1 is 1.12 bits per heavy atom. The second kappa shape index (κ2) is 7.37. The van der Waals surface area contributed by atoms with Crippen LogP contribution >= 0.6 is 22.9 Å². The Hall–Kier alpha value is -2.18. The average Bonchev–Trinajstić information content (AvgIpc) is 3.11. The summed E-state index contributed by atoms with van der Waals surface area (Å²) in [6, 6.07) is 10.5. The number of carbonyl (C=O) groups is 3. The fourth-order valence-corrected chi connectivity index (χ4v) is 3.92. The lowest BCUT2D eigenvalue weighted by molar-refractivity contribution is -0.130. The summed E-state index contributed by atoms with van der Waals surface area (Å²) >= 11 is 7.34. The summed E-state index contributed by atoms with van der Waals surface area (Å²) in [6.45, 7) is 0.750. The Labute approximate surface area is 154 Å². The maximum Gasteiger partial charge on any atom is 0.261 e. The number of nitrogens with zero attached hydrogens (tertiary/aromatic N) is 2. The predicted octanol–water partition coefficient (Wildman–Crippen LogP) is 3.44. The molecule has 1 aliphatic rings. The quantitative estimate of drug-likeness (QED) is 0.726. The van der Waals surface area contributed by atoms with Gasteiger partial charge in [0.25, 0.3) is 11.8 Å². The van der Waals surface area contributed by atoms with Crippen molar-refractivity contribution < 1.29 is 14.4 Å². The third-order valence-corrected chi connectivity index (χ3v) is 5.31. The second-order valence-electron chi connectivity index (χ2n) is 5.87. The molecule has 7 heteroatoms. The third-order valence-electron chi connectivity index (χ3n) is 4.10. The van der Waals surface area contributed by atoms with Gasteiger partial charge < -0.3 is 4.90 Å². The highest BCUT2D eigenvalue weighted by atomic mass is 35.5. The van der Waals surface area contributed by atoms with E-state index in [0.717, 1.165) is 4.88 Å². The van der Waals surface area contributed by atoms with Crippen LogP contribution in [-0.4, -0.2) is 41.1 Å². The Balaban J connectivity index is 1.50. The molecule has 0 aliphatic carbocycles. The van der Waals surface area contributed by atoms with Crippen molar-refractivity contribution in [2.24, 2.45) is 0 Å². The molecule has 0 N–H and O–H groups in total. The van der Waals surface area contributed by atoms with Gasteiger partial charge in [0, 0.05) is 24.9 Å². The molecular weight excluding hydrogens is 360 g/mol. The van der Waals surface area contributed by atoms with Gasteiger partial charge in [0.15, 0.2) is 0 Å². The molecule has 0 fully saturated rings. The fourth-order valence-electron chi connectivity index (χ4n) is 2.78. The fraction of sp³-hybridized carbons (Fsp3) is 0.278. The van der Waals surface area contributed by atoms with Crippen LogP contribution in [0.5, 0.6) is 0 Å². The first-order valence-corrected chi connectivity index (χ1v) is 9.10. The molecule has 1 aromatic carbocycles. The zero-order chi connectivity index (χ0) is 18.0. The van der Waals surface area contributed by atoms with Gasteiger partial charge >= 0.3 is 0 Å². The summed E-state index contributed by atoms with van der Waals surface area (Å²) in [5, 5.41) is 0. The molecule has 130 valence electrons. The van der Waals surface area contributed by atoms with Crippen LogP contribution in [0.25, 0.3) is 0 Å². The van der Waals surface area contributed by atoms with Crippen LogP contribution in [0.3, 0.4) is 0 Å². The van der Waals surface area contributed by atoms with Crippen molar-refractivity contribution in [1.82, 2.24) is 9.80 Å². The summed E-state index contributed by atoms with van der Waals surface area (Å²) in [5.41, 5.74) is 0.871. The number of thiophene rings is 1. The smallest absolute Gasteiger partial charge is 0.261 e. The molecule has 25 heavy (non-hydrogen) atoms. The van der Waals surface area contributed by atoms with Crippen LogP contribution in [0.1, 0.15) is 38.4 Å². The molecule has 3 amide bonds. The van der Waals surface area contributed by atoms with E-state index in [-0.39, 0.29) is 30.7 Å². The van der Waals surface area contributed by atoms with Crippen LogP contribution in [0, 0.1) is 0 Å². The average molecular weight is 377 g/mol. The summed E-state index contributed by atoms with van der Waals surface area (Å²) in [4.78, 5) is 40.6. The van der Waals surface area contributed by atoms with Crippen molar-refractivity contribution in [2.75, 3.05) is 13.6 Å². The Kier molecular flexibility index (Phi) is 5.20. The van der Waals surface area contributed by atoms with Gasteiger partial charge in [-0.15, -0.1) is 11.3 Å². The van der Waals surface area contributed by atoms with Gasteiger partial charge in [-0.25, -0.2) is 0 Å². The lowest BCUT2D eigenvalue weighted by atomic mass is 10.1. The number of amides is 3. The van der Waals surface area contributed by atoms with E-state index in [1.165, 1.54) is 16.2 Å². The van der Waals surface area contributed by atoms with Crippen molar-refractivity contribution in [1.29, 1.82) is 0 Å². The van der Waals surface area contributed by atoms with E-state index in [1.807, 2.05) is 12.1 Å². The lowest BCUT2D eigenvalue weighted by Gasteiger charge is -2.18. The van der Waals surface area contributed by atoms with Crippen LogP contribution < -0.4 is 0 Å². The number of halogens is 1. The van der Waals surface area contributed by atoms with E-state index >= 15 is 0 Å². The number of carbonyl (C=O) groups excluding carboxylic acids is 3. The molecule has 5 nitrogen and oxygen atoms in total. The van der Waals surface area contributed by atoms with E-state index < -0.39 is 0 Å².